The molecule has 0 aliphatic carbocycles. The van der Waals surface area contributed by atoms with E-state index in [1.807, 2.05) is 0 Å². The maximum atomic E-state index is 9.51. The second kappa shape index (κ2) is 5.95. The van der Waals surface area contributed by atoms with Gasteiger partial charge in [-0.05, 0) is 0 Å². The molecule has 0 aromatic heterocycles. The molecule has 0 spiro atoms. The zero-order valence-corrected chi connectivity index (χ0v) is 4.76. The van der Waals surface area contributed by atoms with E-state index < -0.39 is 18.0 Å². The molecule has 0 fully saturated rings. The maximum absolute atomic E-state index is 9.51. The van der Waals surface area contributed by atoms with Gasteiger partial charge >= 0.3 is 11.9 Å². The van der Waals surface area contributed by atoms with Gasteiger partial charge in [-0.15, -0.1) is 0 Å². The van der Waals surface area contributed by atoms with Gasteiger partial charge in [0, 0.05) is 0 Å². The highest BCUT2D eigenvalue weighted by Gasteiger charge is 2.20. The third kappa shape index (κ3) is 4.97. The van der Waals surface area contributed by atoms with Crippen LogP contribution >= 0.6 is 0 Å². The largest absolute Gasteiger partial charge is 0.479 e. The van der Waals surface area contributed by atoms with Crippen molar-refractivity contribution >= 4 is 11.9 Å². The summed E-state index contributed by atoms with van der Waals surface area (Å²) in [7, 11) is 0. The van der Waals surface area contributed by atoms with Gasteiger partial charge in [-0.1, -0.05) is 0 Å². The highest BCUT2D eigenvalue weighted by molar-refractivity contribution is 5.95. The third-order valence-electron chi connectivity index (χ3n) is 0.468. The molecular formula is C3H7NO6. The molecule has 0 aliphatic heterocycles. The average Bonchev–Trinajstić information content (AvgIpc) is 1.90. The molecule has 60 valence electrons. The van der Waals surface area contributed by atoms with Crippen LogP contribution in [0.3, 0.4) is 0 Å². The number of rotatable bonds is 2. The summed E-state index contributed by atoms with van der Waals surface area (Å²) in [5.74, 6) is -0.00463. The Morgan fingerprint density at radius 1 is 1.10 bits per heavy atom. The molecule has 6 N–H and O–H groups in total. The number of hydrogen-bond acceptors (Lipinski definition) is 5. The Labute approximate surface area is 55.3 Å². The minimum atomic E-state index is -2.30. The lowest BCUT2D eigenvalue weighted by Crippen LogP contribution is -2.28. The first-order valence-electron chi connectivity index (χ1n) is 1.95. The van der Waals surface area contributed by atoms with E-state index in [4.69, 9.17) is 20.5 Å². The first-order chi connectivity index (χ1) is 4.55. The smallest absolute Gasteiger partial charge is 0.344 e. The van der Waals surface area contributed by atoms with Gasteiger partial charge in [0.25, 0.3) is 0 Å². The summed E-state index contributed by atoms with van der Waals surface area (Å²) < 4.78 is 0. The number of carboxylic acids is 2. The van der Waals surface area contributed by atoms with E-state index in [0.717, 1.165) is 0 Å². The summed E-state index contributed by atoms with van der Waals surface area (Å²) in [5.41, 5.74) is 0. The van der Waals surface area contributed by atoms with Gasteiger partial charge in [0.1, 0.15) is 0 Å². The van der Waals surface area contributed by atoms with E-state index in [9.17, 15) is 9.59 Å². The van der Waals surface area contributed by atoms with Crippen molar-refractivity contribution in [1.29, 1.82) is 0 Å². The van der Waals surface area contributed by atoms with Crippen LogP contribution in [-0.4, -0.2) is 38.6 Å². The van der Waals surface area contributed by atoms with Gasteiger partial charge in [-0.3, -0.25) is 0 Å². The predicted octanol–water partition coefficient (Wildman–Crippen LogP) is -2.15. The number of carboxylic acid groups (broad SMARTS) is 2. The van der Waals surface area contributed by atoms with Crippen molar-refractivity contribution < 1.29 is 30.1 Å². The van der Waals surface area contributed by atoms with Gasteiger partial charge in [0.2, 0.25) is 6.10 Å². The molecule has 0 saturated heterocycles. The molecule has 0 saturated carbocycles. The fraction of sp³-hybridized carbons (Fsp3) is 0.333. The number of aliphatic carboxylic acids is 2. The number of hydrogen-bond donors (Lipinski definition) is 5. The fourth-order valence-electron chi connectivity index (χ4n) is 0.106. The molecule has 0 atom stereocenters. The Balaban J connectivity index is 0. The van der Waals surface area contributed by atoms with E-state index >= 15 is 0 Å². The van der Waals surface area contributed by atoms with Crippen molar-refractivity contribution in [1.82, 2.24) is 0 Å². The molecule has 0 bridgehead atoms. The SMILES string of the molecule is NO.O=C(O)C(O)C(=O)O. The molecule has 0 radical (unpaired) electrons. The monoisotopic (exact) mass is 153 g/mol. The summed E-state index contributed by atoms with van der Waals surface area (Å²) in [6, 6.07) is 0. The van der Waals surface area contributed by atoms with Gasteiger partial charge in [-0.2, -0.15) is 0 Å². The zero-order chi connectivity index (χ0) is 8.73. The van der Waals surface area contributed by atoms with Gasteiger partial charge < -0.3 is 20.5 Å². The van der Waals surface area contributed by atoms with Crippen molar-refractivity contribution in [3.05, 3.63) is 0 Å². The highest BCUT2D eigenvalue weighted by Crippen LogP contribution is 1.79. The fourth-order valence-corrected chi connectivity index (χ4v) is 0.106. The van der Waals surface area contributed by atoms with Crippen molar-refractivity contribution in [2.24, 2.45) is 5.90 Å². The van der Waals surface area contributed by atoms with E-state index in [2.05, 4.69) is 5.90 Å². The summed E-state index contributed by atoms with van der Waals surface area (Å²) in [6.45, 7) is 0. The van der Waals surface area contributed by atoms with Crippen LogP contribution in [0.15, 0.2) is 0 Å². The van der Waals surface area contributed by atoms with E-state index in [0.29, 0.717) is 0 Å². The molecule has 0 aromatic carbocycles. The van der Waals surface area contributed by atoms with Crippen molar-refractivity contribution in [3.63, 3.8) is 0 Å². The van der Waals surface area contributed by atoms with Crippen LogP contribution in [0.1, 0.15) is 0 Å². The molecule has 0 amide bonds. The lowest BCUT2D eigenvalue weighted by molar-refractivity contribution is -0.160. The lowest BCUT2D eigenvalue weighted by Gasteiger charge is -1.93. The standard InChI is InChI=1S/C3H4O5.H3NO/c4-1(2(5)6)3(7)8;1-2/h1,4H,(H,5,6)(H,7,8);2H,1H2. The Morgan fingerprint density at radius 2 is 1.30 bits per heavy atom. The third-order valence-corrected chi connectivity index (χ3v) is 0.468. The van der Waals surface area contributed by atoms with Gasteiger partial charge in [-0.25, -0.2) is 15.5 Å². The summed E-state index contributed by atoms with van der Waals surface area (Å²) >= 11 is 0. The molecule has 0 heterocycles. The van der Waals surface area contributed by atoms with Crippen LogP contribution < -0.4 is 5.90 Å². The number of nitrogens with two attached hydrogens (primary N) is 1. The molecule has 0 rings (SSSR count). The molecular weight excluding hydrogens is 146 g/mol. The van der Waals surface area contributed by atoms with Gasteiger partial charge in [0.05, 0.1) is 0 Å². The number of carbonyl (C=O) groups is 2. The number of aliphatic hydroxyl groups excluding tert-OH is 1. The molecule has 10 heavy (non-hydrogen) atoms. The van der Waals surface area contributed by atoms with Crippen LogP contribution in [0, 0.1) is 0 Å². The second-order valence-electron chi connectivity index (χ2n) is 1.08. The molecule has 7 nitrogen and oxygen atoms in total. The Morgan fingerprint density at radius 3 is 1.30 bits per heavy atom. The Bertz CT molecular complexity index is 108. The molecule has 0 unspecified atom stereocenters. The Kier molecular flexibility index (Phi) is 6.90. The van der Waals surface area contributed by atoms with Crippen molar-refractivity contribution in [2.45, 2.75) is 6.10 Å². The molecule has 0 aliphatic rings. The first-order valence-corrected chi connectivity index (χ1v) is 1.95. The second-order valence-corrected chi connectivity index (χ2v) is 1.08. The van der Waals surface area contributed by atoms with Crippen LogP contribution in [-0.2, 0) is 9.59 Å². The summed E-state index contributed by atoms with van der Waals surface area (Å²) in [6.07, 6.45) is -2.30. The number of aliphatic hydroxyl groups is 1. The normalized spacial score (nSPS) is 8.00. The molecule has 7 heteroatoms. The maximum Gasteiger partial charge on any atom is 0.344 e. The summed E-state index contributed by atoms with van der Waals surface area (Å²) in [4.78, 5) is 19.0. The van der Waals surface area contributed by atoms with E-state index in [-0.39, 0.29) is 0 Å². The van der Waals surface area contributed by atoms with E-state index in [1.54, 1.807) is 0 Å². The van der Waals surface area contributed by atoms with Crippen LogP contribution in [0.5, 0.6) is 0 Å². The lowest BCUT2D eigenvalue weighted by atomic mass is 10.4. The minimum Gasteiger partial charge on any atom is -0.479 e. The quantitative estimate of drug-likeness (QED) is 0.225. The van der Waals surface area contributed by atoms with Crippen molar-refractivity contribution in [3.8, 4) is 0 Å². The predicted molar refractivity (Wildman–Crippen MR) is 27.3 cm³/mol. The molecule has 0 aromatic rings. The van der Waals surface area contributed by atoms with Crippen molar-refractivity contribution in [2.75, 3.05) is 0 Å². The Hall–Kier alpha value is -1.18. The zero-order valence-electron chi connectivity index (χ0n) is 4.76. The minimum absolute atomic E-state index is 1.75. The van der Waals surface area contributed by atoms with E-state index in [1.165, 1.54) is 0 Å². The topological polar surface area (TPSA) is 141 Å². The summed E-state index contributed by atoms with van der Waals surface area (Å²) in [5, 5.41) is 29.9. The van der Waals surface area contributed by atoms with Gasteiger partial charge in [0.15, 0.2) is 0 Å². The average molecular weight is 153 g/mol. The highest BCUT2D eigenvalue weighted by atomic mass is 16.4. The van der Waals surface area contributed by atoms with Crippen LogP contribution in [0.25, 0.3) is 0 Å². The van der Waals surface area contributed by atoms with Crippen LogP contribution in [0.2, 0.25) is 0 Å². The van der Waals surface area contributed by atoms with Crippen LogP contribution in [0.4, 0.5) is 0 Å². The first kappa shape index (κ1) is 11.6.